The number of aromatic nitrogens is 3. The number of nitrogens with one attached hydrogen (secondary N) is 2. The van der Waals surface area contributed by atoms with Crippen LogP contribution in [0.15, 0.2) is 34.0 Å². The summed E-state index contributed by atoms with van der Waals surface area (Å²) in [5, 5.41) is 11.8. The van der Waals surface area contributed by atoms with Gasteiger partial charge in [0, 0.05) is 25.7 Å². The van der Waals surface area contributed by atoms with Crippen LogP contribution >= 0.6 is 11.3 Å². The Morgan fingerprint density at radius 3 is 2.48 bits per heavy atom. The monoisotopic (exact) mass is 492 g/mol. The molecule has 0 radical (unpaired) electrons. The number of aryl methyl sites for hydroxylation is 1. The zero-order valence-electron chi connectivity index (χ0n) is 19.6. The van der Waals surface area contributed by atoms with Crippen LogP contribution in [0.3, 0.4) is 0 Å². The average molecular weight is 493 g/mol. The summed E-state index contributed by atoms with van der Waals surface area (Å²) in [6.07, 6.45) is 2.79. The molecule has 2 heterocycles. The van der Waals surface area contributed by atoms with Crippen molar-refractivity contribution in [3.63, 3.8) is 0 Å². The number of hydrogen-bond donors (Lipinski definition) is 2. The Labute approximate surface area is 198 Å². The largest absolute Gasteiger partial charge is 0.383 e. The van der Waals surface area contributed by atoms with Gasteiger partial charge in [-0.1, -0.05) is 45.5 Å². The van der Waals surface area contributed by atoms with Gasteiger partial charge in [-0.15, -0.1) is 0 Å². The van der Waals surface area contributed by atoms with Crippen molar-refractivity contribution in [2.45, 2.75) is 58.4 Å². The van der Waals surface area contributed by atoms with Crippen LogP contribution in [-0.2, 0) is 23.0 Å². The van der Waals surface area contributed by atoms with E-state index in [1.54, 1.807) is 18.2 Å². The lowest BCUT2D eigenvalue weighted by atomic mass is 10.2. The van der Waals surface area contributed by atoms with Crippen molar-refractivity contribution in [2.24, 2.45) is 0 Å². The van der Waals surface area contributed by atoms with Gasteiger partial charge in [-0.25, -0.2) is 13.4 Å². The highest BCUT2D eigenvalue weighted by Crippen LogP contribution is 2.28. The van der Waals surface area contributed by atoms with Crippen LogP contribution in [0.5, 0.6) is 0 Å². The first kappa shape index (κ1) is 25.1. The molecule has 0 saturated carbocycles. The summed E-state index contributed by atoms with van der Waals surface area (Å²) >= 11 is 1.39. The summed E-state index contributed by atoms with van der Waals surface area (Å²) in [6, 6.07) is 6.53. The second kappa shape index (κ2) is 11.1. The van der Waals surface area contributed by atoms with Gasteiger partial charge in [-0.2, -0.15) is 13.9 Å². The molecule has 0 saturated heterocycles. The highest BCUT2D eigenvalue weighted by atomic mass is 32.2. The lowest BCUT2D eigenvalue weighted by molar-refractivity contribution is 0.445. The first-order valence-corrected chi connectivity index (χ1v) is 13.6. The zero-order chi connectivity index (χ0) is 24.0. The minimum Gasteiger partial charge on any atom is -0.383 e. The predicted molar refractivity (Wildman–Crippen MR) is 134 cm³/mol. The molecule has 11 heteroatoms. The van der Waals surface area contributed by atoms with Crippen molar-refractivity contribution in [3.05, 3.63) is 45.3 Å². The van der Waals surface area contributed by atoms with Crippen molar-refractivity contribution in [1.29, 1.82) is 0 Å². The van der Waals surface area contributed by atoms with E-state index in [1.165, 1.54) is 26.2 Å². The SMILES string of the molecule is CCCCNc1ccc(S(=O)(=O)N(CC)CC)cc1NCc1cc(=O)n2nc(CC)sc2n1. The van der Waals surface area contributed by atoms with Crippen LogP contribution in [0, 0.1) is 0 Å². The Kier molecular flexibility index (Phi) is 8.44. The number of anilines is 2. The highest BCUT2D eigenvalue weighted by molar-refractivity contribution is 7.89. The molecule has 0 bridgehead atoms. The Balaban J connectivity index is 1.92. The molecule has 0 aliphatic rings. The molecule has 180 valence electrons. The van der Waals surface area contributed by atoms with Gasteiger partial charge in [0.25, 0.3) is 5.56 Å². The van der Waals surface area contributed by atoms with Gasteiger partial charge >= 0.3 is 0 Å². The molecule has 3 aromatic rings. The Morgan fingerprint density at radius 1 is 1.06 bits per heavy atom. The molecular weight excluding hydrogens is 460 g/mol. The van der Waals surface area contributed by atoms with Gasteiger partial charge < -0.3 is 10.6 Å². The first-order chi connectivity index (χ1) is 15.8. The van der Waals surface area contributed by atoms with Gasteiger partial charge in [-0.3, -0.25) is 4.79 Å². The van der Waals surface area contributed by atoms with Gasteiger partial charge in [0.1, 0.15) is 5.01 Å². The molecule has 0 spiro atoms. The summed E-state index contributed by atoms with van der Waals surface area (Å²) in [5.74, 6) is 0. The molecule has 2 aromatic heterocycles. The number of sulfonamides is 1. The Hall–Kier alpha value is -2.50. The molecule has 2 N–H and O–H groups in total. The van der Waals surface area contributed by atoms with Crippen molar-refractivity contribution in [3.8, 4) is 0 Å². The van der Waals surface area contributed by atoms with E-state index >= 15 is 0 Å². The average Bonchev–Trinajstić information content (AvgIpc) is 3.23. The van der Waals surface area contributed by atoms with Crippen molar-refractivity contribution < 1.29 is 8.42 Å². The quantitative estimate of drug-likeness (QED) is 0.372. The number of fused-ring (bicyclic) bond motifs is 1. The van der Waals surface area contributed by atoms with E-state index in [0.717, 1.165) is 36.5 Å². The molecule has 3 rings (SSSR count). The molecule has 33 heavy (non-hydrogen) atoms. The summed E-state index contributed by atoms with van der Waals surface area (Å²) < 4.78 is 28.8. The second-order valence-electron chi connectivity index (χ2n) is 7.56. The predicted octanol–water partition coefficient (Wildman–Crippen LogP) is 3.57. The van der Waals surface area contributed by atoms with Crippen molar-refractivity contribution >= 4 is 37.7 Å². The lowest BCUT2D eigenvalue weighted by Gasteiger charge is -2.20. The number of benzene rings is 1. The first-order valence-electron chi connectivity index (χ1n) is 11.3. The zero-order valence-corrected chi connectivity index (χ0v) is 21.2. The van der Waals surface area contributed by atoms with E-state index in [9.17, 15) is 13.2 Å². The molecule has 0 amide bonds. The number of unbranched alkanes of at least 4 members (excludes halogenated alkanes) is 1. The van der Waals surface area contributed by atoms with E-state index in [-0.39, 0.29) is 17.0 Å². The van der Waals surface area contributed by atoms with Crippen LogP contribution in [0.4, 0.5) is 11.4 Å². The minimum absolute atomic E-state index is 0.230. The van der Waals surface area contributed by atoms with Crippen LogP contribution in [-0.4, -0.2) is 47.0 Å². The third-order valence-electron chi connectivity index (χ3n) is 5.28. The van der Waals surface area contributed by atoms with Crippen molar-refractivity contribution in [1.82, 2.24) is 18.9 Å². The molecule has 0 unspecified atom stereocenters. The van der Waals surface area contributed by atoms with Crippen LogP contribution in [0.1, 0.15) is 51.2 Å². The minimum atomic E-state index is -3.59. The summed E-state index contributed by atoms with van der Waals surface area (Å²) in [4.78, 5) is 17.8. The van der Waals surface area contributed by atoms with Crippen LogP contribution in [0.25, 0.3) is 4.96 Å². The molecule has 0 fully saturated rings. The number of hydrogen-bond acceptors (Lipinski definition) is 8. The summed E-state index contributed by atoms with van der Waals surface area (Å²) in [7, 11) is -3.59. The number of nitrogens with zero attached hydrogens (tertiary/aromatic N) is 4. The second-order valence-corrected chi connectivity index (χ2v) is 10.5. The molecule has 0 aliphatic heterocycles. The lowest BCUT2D eigenvalue weighted by Crippen LogP contribution is -2.30. The van der Waals surface area contributed by atoms with Gasteiger partial charge in [0.2, 0.25) is 15.0 Å². The third-order valence-corrected chi connectivity index (χ3v) is 8.38. The molecule has 9 nitrogen and oxygen atoms in total. The van der Waals surface area contributed by atoms with E-state index < -0.39 is 10.0 Å². The van der Waals surface area contributed by atoms with Gasteiger partial charge in [-0.05, 0) is 31.0 Å². The van der Waals surface area contributed by atoms with E-state index in [2.05, 4.69) is 27.6 Å². The fraction of sp³-hybridized carbons (Fsp3) is 0.500. The van der Waals surface area contributed by atoms with E-state index in [1.807, 2.05) is 20.8 Å². The van der Waals surface area contributed by atoms with Gasteiger partial charge in [0.15, 0.2) is 0 Å². The molecule has 1 aromatic carbocycles. The Morgan fingerprint density at radius 2 is 1.82 bits per heavy atom. The maximum absolute atomic E-state index is 13.0. The highest BCUT2D eigenvalue weighted by Gasteiger charge is 2.22. The summed E-state index contributed by atoms with van der Waals surface area (Å²) in [5.41, 5.74) is 1.81. The maximum Gasteiger partial charge on any atom is 0.275 e. The van der Waals surface area contributed by atoms with Crippen LogP contribution < -0.4 is 16.2 Å². The standard InChI is InChI=1S/C22H32N6O3S2/c1-5-9-12-23-18-11-10-17(33(30,31)27(7-3)8-4)14-19(18)24-15-16-13-21(29)28-22(25-16)32-20(6-2)26-28/h10-11,13-14,23-24H,5-9,12,15H2,1-4H3. The molecular formula is C22H32N6O3S2. The van der Waals surface area contributed by atoms with Crippen LogP contribution in [0.2, 0.25) is 0 Å². The fourth-order valence-corrected chi connectivity index (χ4v) is 5.75. The van der Waals surface area contributed by atoms with Crippen molar-refractivity contribution in [2.75, 3.05) is 30.3 Å². The fourth-order valence-electron chi connectivity index (χ4n) is 3.41. The summed E-state index contributed by atoms with van der Waals surface area (Å²) in [6.45, 7) is 9.61. The smallest absolute Gasteiger partial charge is 0.275 e. The molecule has 0 atom stereocenters. The normalized spacial score (nSPS) is 11.9. The topological polar surface area (TPSA) is 109 Å². The van der Waals surface area contributed by atoms with Gasteiger partial charge in [0.05, 0.1) is 28.5 Å². The molecule has 0 aliphatic carbocycles. The maximum atomic E-state index is 13.0. The third kappa shape index (κ3) is 5.71. The van der Waals surface area contributed by atoms with E-state index in [4.69, 9.17) is 0 Å². The number of rotatable bonds is 12. The van der Waals surface area contributed by atoms with E-state index in [0.29, 0.717) is 29.4 Å². The Bertz CT molecular complexity index is 1250.